The zero-order valence-electron chi connectivity index (χ0n) is 18.8. The first-order chi connectivity index (χ1) is 17.4. The van der Waals surface area contributed by atoms with Gasteiger partial charge in [-0.25, -0.2) is 23.4 Å². The first kappa shape index (κ1) is 25.1. The lowest BCUT2D eigenvalue weighted by atomic mass is 10.1. The van der Waals surface area contributed by atoms with Gasteiger partial charge in [0.25, 0.3) is 5.56 Å². The summed E-state index contributed by atoms with van der Waals surface area (Å²) in [6.45, 7) is 0.268. The summed E-state index contributed by atoms with van der Waals surface area (Å²) in [4.78, 5) is 32.8. The van der Waals surface area contributed by atoms with Crippen molar-refractivity contribution >= 4 is 23.2 Å². The summed E-state index contributed by atoms with van der Waals surface area (Å²) in [7, 11) is 0. The molecule has 184 valence electrons. The highest BCUT2D eigenvalue weighted by atomic mass is 35.5. The van der Waals surface area contributed by atoms with Gasteiger partial charge in [-0.1, -0.05) is 18.2 Å². The summed E-state index contributed by atoms with van der Waals surface area (Å²) < 4.78 is 33.5. The number of ether oxygens (including phenoxy) is 1. The molecule has 0 radical (unpaired) electrons. The molecule has 2 aromatic heterocycles. The number of halogens is 3. The van der Waals surface area contributed by atoms with E-state index in [4.69, 9.17) is 16.3 Å². The number of amides is 1. The van der Waals surface area contributed by atoms with Crippen LogP contribution in [0.1, 0.15) is 5.56 Å². The maximum absolute atomic E-state index is 13.6. The van der Waals surface area contributed by atoms with Crippen LogP contribution in [-0.4, -0.2) is 44.7 Å². The second-order valence-corrected chi connectivity index (χ2v) is 8.04. The van der Waals surface area contributed by atoms with Crippen molar-refractivity contribution in [1.82, 2.24) is 19.7 Å². The molecule has 0 unspecified atom stereocenters. The van der Waals surface area contributed by atoms with E-state index in [1.807, 2.05) is 6.07 Å². The molecule has 0 aliphatic rings. The Bertz CT molecular complexity index is 1410. The van der Waals surface area contributed by atoms with E-state index < -0.39 is 11.6 Å². The largest absolute Gasteiger partial charge is 0.370 e. The summed E-state index contributed by atoms with van der Waals surface area (Å²) >= 11 is 5.51. The van der Waals surface area contributed by atoms with Crippen molar-refractivity contribution in [3.8, 4) is 22.6 Å². The summed E-state index contributed by atoms with van der Waals surface area (Å²) in [5.74, 6) is -1.10. The van der Waals surface area contributed by atoms with E-state index in [0.29, 0.717) is 23.0 Å². The Balaban J connectivity index is 1.50. The van der Waals surface area contributed by atoms with Gasteiger partial charge in [-0.3, -0.25) is 9.59 Å². The van der Waals surface area contributed by atoms with E-state index >= 15 is 0 Å². The van der Waals surface area contributed by atoms with Crippen molar-refractivity contribution in [2.24, 2.45) is 0 Å². The lowest BCUT2D eigenvalue weighted by Gasteiger charge is -2.09. The lowest BCUT2D eigenvalue weighted by Crippen LogP contribution is -2.22. The van der Waals surface area contributed by atoms with E-state index in [-0.39, 0.29) is 42.5 Å². The molecule has 2 heterocycles. The normalized spacial score (nSPS) is 10.9. The first-order valence-electron chi connectivity index (χ1n) is 10.8. The van der Waals surface area contributed by atoms with Crippen molar-refractivity contribution < 1.29 is 18.3 Å². The quantitative estimate of drug-likeness (QED) is 0.270. The van der Waals surface area contributed by atoms with Gasteiger partial charge < -0.3 is 10.1 Å². The standard InChI is InChI=1S/C25H20ClF2N5O3/c26-6-7-36-15-23(34)31-21-12-29-25(30-13-21)17-3-1-2-16(8-17)14-33-24(35)5-4-22(32-33)18-9-19(27)11-20(28)10-18/h1-5,8-13H,6-7,14-15H2,(H,31,34). The Morgan fingerprint density at radius 1 is 1.00 bits per heavy atom. The van der Waals surface area contributed by atoms with Crippen LogP contribution in [0.3, 0.4) is 0 Å². The van der Waals surface area contributed by atoms with E-state index in [2.05, 4.69) is 20.4 Å². The van der Waals surface area contributed by atoms with Gasteiger partial charge in [0, 0.05) is 29.1 Å². The molecule has 0 saturated heterocycles. The summed E-state index contributed by atoms with van der Waals surface area (Å²) in [5.41, 5.74) is 1.96. The van der Waals surface area contributed by atoms with E-state index in [0.717, 1.165) is 23.8 Å². The van der Waals surface area contributed by atoms with Crippen molar-refractivity contribution in [2.75, 3.05) is 24.4 Å². The number of carbonyl (C=O) groups is 1. The number of rotatable bonds is 9. The highest BCUT2D eigenvalue weighted by molar-refractivity contribution is 6.18. The third-order valence-corrected chi connectivity index (χ3v) is 5.09. The number of benzene rings is 2. The number of nitrogens with zero attached hydrogens (tertiary/aromatic N) is 4. The monoisotopic (exact) mass is 511 g/mol. The van der Waals surface area contributed by atoms with Crippen molar-refractivity contribution in [3.05, 3.63) is 94.5 Å². The number of hydrogen-bond acceptors (Lipinski definition) is 6. The summed E-state index contributed by atoms with van der Waals surface area (Å²) in [6, 6.07) is 13.0. The van der Waals surface area contributed by atoms with Crippen LogP contribution in [0.4, 0.5) is 14.5 Å². The summed E-state index contributed by atoms with van der Waals surface area (Å²) in [6.07, 6.45) is 2.95. The molecule has 8 nitrogen and oxygen atoms in total. The second-order valence-electron chi connectivity index (χ2n) is 7.66. The van der Waals surface area contributed by atoms with Crippen LogP contribution in [0.2, 0.25) is 0 Å². The van der Waals surface area contributed by atoms with Crippen LogP contribution in [0.15, 0.2) is 71.8 Å². The van der Waals surface area contributed by atoms with Crippen LogP contribution in [-0.2, 0) is 16.1 Å². The molecule has 4 rings (SSSR count). The van der Waals surface area contributed by atoms with Crippen LogP contribution in [0, 0.1) is 11.6 Å². The smallest absolute Gasteiger partial charge is 0.267 e. The van der Waals surface area contributed by atoms with Gasteiger partial charge >= 0.3 is 0 Å². The minimum absolute atomic E-state index is 0.120. The zero-order valence-corrected chi connectivity index (χ0v) is 19.6. The molecular formula is C25H20ClF2N5O3. The van der Waals surface area contributed by atoms with Crippen LogP contribution in [0.25, 0.3) is 22.6 Å². The van der Waals surface area contributed by atoms with Gasteiger partial charge in [-0.2, -0.15) is 5.10 Å². The Hall–Kier alpha value is -4.02. The third kappa shape index (κ3) is 6.55. The van der Waals surface area contributed by atoms with E-state index in [9.17, 15) is 18.4 Å². The Morgan fingerprint density at radius 3 is 2.47 bits per heavy atom. The van der Waals surface area contributed by atoms with Gasteiger partial charge in [-0.15, -0.1) is 11.6 Å². The number of nitrogens with one attached hydrogen (secondary N) is 1. The minimum Gasteiger partial charge on any atom is -0.370 e. The predicted octanol–water partition coefficient (Wildman–Crippen LogP) is 3.89. The molecule has 0 fully saturated rings. The highest BCUT2D eigenvalue weighted by Gasteiger charge is 2.10. The van der Waals surface area contributed by atoms with Crippen LogP contribution >= 0.6 is 11.6 Å². The fourth-order valence-electron chi connectivity index (χ4n) is 3.36. The van der Waals surface area contributed by atoms with E-state index in [1.54, 1.807) is 18.2 Å². The molecule has 4 aromatic rings. The van der Waals surface area contributed by atoms with Gasteiger partial charge in [0.1, 0.15) is 18.2 Å². The predicted molar refractivity (Wildman–Crippen MR) is 131 cm³/mol. The molecular weight excluding hydrogens is 492 g/mol. The molecule has 1 amide bonds. The summed E-state index contributed by atoms with van der Waals surface area (Å²) in [5, 5.41) is 6.90. The molecule has 0 atom stereocenters. The molecule has 0 aliphatic heterocycles. The molecule has 0 spiro atoms. The van der Waals surface area contributed by atoms with Crippen molar-refractivity contribution in [1.29, 1.82) is 0 Å². The highest BCUT2D eigenvalue weighted by Crippen LogP contribution is 2.20. The Morgan fingerprint density at radius 2 is 1.75 bits per heavy atom. The molecule has 11 heteroatoms. The topological polar surface area (TPSA) is 99.0 Å². The first-order valence-corrected chi connectivity index (χ1v) is 11.3. The SMILES string of the molecule is O=C(COCCCl)Nc1cnc(-c2cccc(Cn3nc(-c4cc(F)cc(F)c4)ccc3=O)c2)nc1. The molecule has 1 N–H and O–H groups in total. The van der Waals surface area contributed by atoms with Gasteiger partial charge in [0.15, 0.2) is 5.82 Å². The van der Waals surface area contributed by atoms with Crippen LogP contribution < -0.4 is 10.9 Å². The fraction of sp³-hybridized carbons (Fsp3) is 0.160. The molecule has 0 saturated carbocycles. The van der Waals surface area contributed by atoms with Crippen LogP contribution in [0.5, 0.6) is 0 Å². The number of aromatic nitrogens is 4. The molecule has 2 aromatic carbocycles. The zero-order chi connectivity index (χ0) is 25.5. The van der Waals surface area contributed by atoms with Gasteiger partial charge in [-0.05, 0) is 29.8 Å². The Kier molecular flexibility index (Phi) is 8.09. The average Bonchev–Trinajstić information content (AvgIpc) is 2.85. The second kappa shape index (κ2) is 11.6. The number of alkyl halides is 1. The minimum atomic E-state index is -0.734. The molecule has 0 bridgehead atoms. The Labute approximate surface area is 209 Å². The van der Waals surface area contributed by atoms with Crippen molar-refractivity contribution in [3.63, 3.8) is 0 Å². The molecule has 36 heavy (non-hydrogen) atoms. The number of anilines is 1. The molecule has 0 aliphatic carbocycles. The van der Waals surface area contributed by atoms with Crippen molar-refractivity contribution in [2.45, 2.75) is 6.54 Å². The number of carbonyl (C=O) groups excluding carboxylic acids is 1. The van der Waals surface area contributed by atoms with E-state index in [1.165, 1.54) is 29.2 Å². The maximum Gasteiger partial charge on any atom is 0.267 e. The van der Waals surface area contributed by atoms with Gasteiger partial charge in [0.05, 0.1) is 36.9 Å². The number of hydrogen-bond donors (Lipinski definition) is 1. The fourth-order valence-corrected chi connectivity index (χ4v) is 3.47. The maximum atomic E-state index is 13.6. The van der Waals surface area contributed by atoms with Gasteiger partial charge in [0.2, 0.25) is 5.91 Å². The average molecular weight is 512 g/mol. The lowest BCUT2D eigenvalue weighted by molar-refractivity contribution is -0.120. The third-order valence-electron chi connectivity index (χ3n) is 4.93.